The summed E-state index contributed by atoms with van der Waals surface area (Å²) in [6.07, 6.45) is 4.33. The summed E-state index contributed by atoms with van der Waals surface area (Å²) in [6.45, 7) is 8.84. The van der Waals surface area contributed by atoms with Crippen molar-refractivity contribution in [1.29, 1.82) is 0 Å². The van der Waals surface area contributed by atoms with Crippen LogP contribution in [-0.2, 0) is 0 Å². The number of imidazole rings is 1. The molecule has 80 valence electrons. The summed E-state index contributed by atoms with van der Waals surface area (Å²) >= 11 is 5.31. The topological polar surface area (TPSA) is 20.7 Å². The molecule has 1 aromatic rings. The minimum atomic E-state index is 0.531. The van der Waals surface area contributed by atoms with Crippen LogP contribution in [0.1, 0.15) is 58.2 Å². The summed E-state index contributed by atoms with van der Waals surface area (Å²) in [6, 6.07) is 0.547. The summed E-state index contributed by atoms with van der Waals surface area (Å²) in [7, 11) is 0. The Bertz CT molecular complexity index is 331. The maximum atomic E-state index is 5.31. The fourth-order valence-corrected chi connectivity index (χ4v) is 2.18. The molecule has 14 heavy (non-hydrogen) atoms. The highest BCUT2D eigenvalue weighted by atomic mass is 32.1. The van der Waals surface area contributed by atoms with E-state index in [4.69, 9.17) is 12.2 Å². The van der Waals surface area contributed by atoms with Crippen molar-refractivity contribution >= 4 is 12.2 Å². The van der Waals surface area contributed by atoms with E-state index in [0.29, 0.717) is 12.0 Å². The van der Waals surface area contributed by atoms with Crippen molar-refractivity contribution in [2.75, 3.05) is 0 Å². The van der Waals surface area contributed by atoms with Crippen LogP contribution < -0.4 is 0 Å². The van der Waals surface area contributed by atoms with Crippen LogP contribution in [0.4, 0.5) is 0 Å². The van der Waals surface area contributed by atoms with Crippen molar-refractivity contribution in [2.45, 2.75) is 52.5 Å². The minimum Gasteiger partial charge on any atom is -0.337 e. The highest BCUT2D eigenvalue weighted by molar-refractivity contribution is 7.71. The quantitative estimate of drug-likeness (QED) is 0.747. The molecule has 3 heteroatoms. The molecule has 0 radical (unpaired) electrons. The summed E-state index contributed by atoms with van der Waals surface area (Å²) in [5.41, 5.74) is 1.32. The van der Waals surface area contributed by atoms with E-state index in [0.717, 1.165) is 17.6 Å². The summed E-state index contributed by atoms with van der Waals surface area (Å²) in [5, 5.41) is 0. The lowest BCUT2D eigenvalue weighted by atomic mass is 10.1. The van der Waals surface area contributed by atoms with Gasteiger partial charge in [0, 0.05) is 17.9 Å². The highest BCUT2D eigenvalue weighted by Crippen LogP contribution is 2.23. The number of H-pyrrole nitrogens is 1. The van der Waals surface area contributed by atoms with Crippen molar-refractivity contribution in [3.63, 3.8) is 0 Å². The molecular formula is C11H20N2S. The molecule has 0 amide bonds. The van der Waals surface area contributed by atoms with Gasteiger partial charge in [-0.1, -0.05) is 27.7 Å². The Hall–Kier alpha value is -0.570. The largest absolute Gasteiger partial charge is 0.337 e. The zero-order valence-corrected chi connectivity index (χ0v) is 10.3. The molecular weight excluding hydrogens is 192 g/mol. The van der Waals surface area contributed by atoms with Crippen LogP contribution >= 0.6 is 12.2 Å². The lowest BCUT2D eigenvalue weighted by molar-refractivity contribution is 0.446. The second-order valence-electron chi connectivity index (χ2n) is 4.01. The van der Waals surface area contributed by atoms with Crippen LogP contribution in [0.3, 0.4) is 0 Å². The van der Waals surface area contributed by atoms with Gasteiger partial charge >= 0.3 is 0 Å². The average Bonchev–Trinajstić information content (AvgIpc) is 2.51. The first-order chi connectivity index (χ1) is 6.61. The molecule has 0 unspecified atom stereocenters. The van der Waals surface area contributed by atoms with E-state index >= 15 is 0 Å². The van der Waals surface area contributed by atoms with Gasteiger partial charge in [0.05, 0.1) is 0 Å². The van der Waals surface area contributed by atoms with Crippen molar-refractivity contribution in [3.05, 3.63) is 16.7 Å². The fourth-order valence-electron chi connectivity index (χ4n) is 1.87. The molecule has 0 saturated carbocycles. The van der Waals surface area contributed by atoms with Gasteiger partial charge in [0.1, 0.15) is 0 Å². The van der Waals surface area contributed by atoms with Crippen LogP contribution in [-0.4, -0.2) is 9.55 Å². The standard InChI is InChI=1S/C11H20N2S/c1-5-9(6-2)13-10(8(3)4)7-12-11(13)14/h7-9H,5-6H2,1-4H3,(H,12,14). The molecule has 0 atom stereocenters. The van der Waals surface area contributed by atoms with E-state index in [1.165, 1.54) is 5.69 Å². The lowest BCUT2D eigenvalue weighted by Crippen LogP contribution is -2.11. The third kappa shape index (κ3) is 2.08. The number of hydrogen-bond acceptors (Lipinski definition) is 1. The van der Waals surface area contributed by atoms with Crippen molar-refractivity contribution in [2.24, 2.45) is 0 Å². The molecule has 1 N–H and O–H groups in total. The van der Waals surface area contributed by atoms with Crippen LogP contribution in [0.2, 0.25) is 0 Å². The second kappa shape index (κ2) is 4.78. The van der Waals surface area contributed by atoms with Gasteiger partial charge < -0.3 is 9.55 Å². The predicted molar refractivity (Wildman–Crippen MR) is 63.3 cm³/mol. The van der Waals surface area contributed by atoms with Gasteiger partial charge in [-0.05, 0) is 31.0 Å². The van der Waals surface area contributed by atoms with E-state index in [9.17, 15) is 0 Å². The Morgan fingerprint density at radius 1 is 1.36 bits per heavy atom. The summed E-state index contributed by atoms with van der Waals surface area (Å²) in [4.78, 5) is 3.15. The molecule has 1 rings (SSSR count). The van der Waals surface area contributed by atoms with Crippen LogP contribution in [0, 0.1) is 4.77 Å². The monoisotopic (exact) mass is 212 g/mol. The van der Waals surface area contributed by atoms with E-state index in [-0.39, 0.29) is 0 Å². The summed E-state index contributed by atoms with van der Waals surface area (Å²) in [5.74, 6) is 0.531. The van der Waals surface area contributed by atoms with E-state index in [1.54, 1.807) is 0 Å². The average molecular weight is 212 g/mol. The Morgan fingerprint density at radius 3 is 2.36 bits per heavy atom. The maximum Gasteiger partial charge on any atom is 0.177 e. The zero-order valence-electron chi connectivity index (χ0n) is 9.50. The number of hydrogen-bond donors (Lipinski definition) is 1. The molecule has 0 aliphatic heterocycles. The third-order valence-corrected chi connectivity index (χ3v) is 3.05. The molecule has 0 aromatic carbocycles. The van der Waals surface area contributed by atoms with Gasteiger partial charge in [-0.25, -0.2) is 0 Å². The first kappa shape index (κ1) is 11.5. The van der Waals surface area contributed by atoms with Gasteiger partial charge in [0.2, 0.25) is 0 Å². The molecule has 0 bridgehead atoms. The van der Waals surface area contributed by atoms with E-state index in [2.05, 4.69) is 37.2 Å². The number of nitrogens with zero attached hydrogens (tertiary/aromatic N) is 1. The Labute approximate surface area is 91.3 Å². The van der Waals surface area contributed by atoms with Crippen molar-refractivity contribution in [3.8, 4) is 0 Å². The Morgan fingerprint density at radius 2 is 1.93 bits per heavy atom. The number of nitrogens with one attached hydrogen (secondary N) is 1. The van der Waals surface area contributed by atoms with E-state index < -0.39 is 0 Å². The normalized spacial score (nSPS) is 11.6. The molecule has 0 aliphatic carbocycles. The first-order valence-electron chi connectivity index (χ1n) is 5.41. The van der Waals surface area contributed by atoms with E-state index in [1.807, 2.05) is 6.20 Å². The first-order valence-corrected chi connectivity index (χ1v) is 5.82. The Kier molecular flexibility index (Phi) is 3.93. The minimum absolute atomic E-state index is 0.531. The molecule has 0 spiro atoms. The molecule has 0 aliphatic rings. The zero-order chi connectivity index (χ0) is 10.7. The fraction of sp³-hybridized carbons (Fsp3) is 0.727. The number of aromatic amines is 1. The van der Waals surface area contributed by atoms with Crippen LogP contribution in [0.15, 0.2) is 6.20 Å². The maximum absolute atomic E-state index is 5.31. The van der Waals surface area contributed by atoms with Gasteiger partial charge in [-0.3, -0.25) is 0 Å². The van der Waals surface area contributed by atoms with Crippen LogP contribution in [0.5, 0.6) is 0 Å². The molecule has 0 fully saturated rings. The van der Waals surface area contributed by atoms with Crippen molar-refractivity contribution in [1.82, 2.24) is 9.55 Å². The van der Waals surface area contributed by atoms with Gasteiger partial charge in [-0.15, -0.1) is 0 Å². The molecule has 1 heterocycles. The molecule has 1 aromatic heterocycles. The van der Waals surface area contributed by atoms with Gasteiger partial charge in [-0.2, -0.15) is 0 Å². The second-order valence-corrected chi connectivity index (χ2v) is 4.40. The summed E-state index contributed by atoms with van der Waals surface area (Å²) < 4.78 is 3.14. The number of rotatable bonds is 4. The molecule has 2 nitrogen and oxygen atoms in total. The smallest absolute Gasteiger partial charge is 0.177 e. The number of aromatic nitrogens is 2. The van der Waals surface area contributed by atoms with Gasteiger partial charge in [0.25, 0.3) is 0 Å². The third-order valence-electron chi connectivity index (χ3n) is 2.74. The SMILES string of the molecule is CCC(CC)n1c(C(C)C)c[nH]c1=S. The van der Waals surface area contributed by atoms with Gasteiger partial charge in [0.15, 0.2) is 4.77 Å². The lowest BCUT2D eigenvalue weighted by Gasteiger charge is -2.19. The molecule has 0 saturated heterocycles. The predicted octanol–water partition coefficient (Wildman–Crippen LogP) is 4.03. The highest BCUT2D eigenvalue weighted by Gasteiger charge is 2.13. The van der Waals surface area contributed by atoms with Crippen molar-refractivity contribution < 1.29 is 0 Å². The van der Waals surface area contributed by atoms with Crippen LogP contribution in [0.25, 0.3) is 0 Å². The Balaban J connectivity index is 3.16.